The Hall–Kier alpha value is -2.73. The number of likely N-dealkylation sites (N-methyl/N-ethyl adjacent to an activating group) is 1. The normalized spacial score (nSPS) is 22.0. The molecule has 1 saturated heterocycles. The maximum atomic E-state index is 13.3. The van der Waals surface area contributed by atoms with Gasteiger partial charge in [0.1, 0.15) is 0 Å². The first-order chi connectivity index (χ1) is 12.5. The fourth-order valence-electron chi connectivity index (χ4n) is 4.24. The van der Waals surface area contributed by atoms with Crippen molar-refractivity contribution in [3.05, 3.63) is 69.3 Å². The Morgan fingerprint density at radius 1 is 1.23 bits per heavy atom. The molecule has 0 aliphatic carbocycles. The molecule has 2 atom stereocenters. The largest absolute Gasteiger partial charge is 0.306 e. The summed E-state index contributed by atoms with van der Waals surface area (Å²) >= 11 is 0. The lowest BCUT2D eigenvalue weighted by Crippen LogP contribution is -2.47. The summed E-state index contributed by atoms with van der Waals surface area (Å²) in [5.74, 6) is 0.127. The van der Waals surface area contributed by atoms with E-state index in [1.807, 2.05) is 17.0 Å². The van der Waals surface area contributed by atoms with Gasteiger partial charge in [-0.05, 0) is 44.6 Å². The van der Waals surface area contributed by atoms with Crippen LogP contribution in [0.5, 0.6) is 0 Å². The number of nitrogens with zero attached hydrogens (tertiary/aromatic N) is 3. The first-order valence-corrected chi connectivity index (χ1v) is 8.83. The highest BCUT2D eigenvalue weighted by molar-refractivity contribution is 6.08. The fourth-order valence-corrected chi connectivity index (χ4v) is 4.24. The minimum atomic E-state index is -0.462. The minimum Gasteiger partial charge on any atom is -0.306 e. The van der Waals surface area contributed by atoms with E-state index < -0.39 is 4.92 Å². The van der Waals surface area contributed by atoms with Crippen LogP contribution in [0.15, 0.2) is 42.5 Å². The van der Waals surface area contributed by atoms with E-state index in [4.69, 9.17) is 0 Å². The predicted octanol–water partition coefficient (Wildman–Crippen LogP) is 3.35. The van der Waals surface area contributed by atoms with Crippen molar-refractivity contribution in [3.8, 4) is 0 Å². The van der Waals surface area contributed by atoms with Gasteiger partial charge in [-0.1, -0.05) is 23.8 Å². The van der Waals surface area contributed by atoms with Crippen molar-refractivity contribution in [1.82, 2.24) is 4.90 Å². The maximum absolute atomic E-state index is 13.3. The molecule has 0 aromatic heterocycles. The summed E-state index contributed by atoms with van der Waals surface area (Å²) in [4.78, 5) is 28.1. The van der Waals surface area contributed by atoms with Gasteiger partial charge in [-0.25, -0.2) is 0 Å². The molecule has 2 unspecified atom stereocenters. The van der Waals surface area contributed by atoms with Gasteiger partial charge in [0.2, 0.25) is 0 Å². The summed E-state index contributed by atoms with van der Waals surface area (Å²) in [6, 6.07) is 12.3. The number of rotatable bonds is 2. The maximum Gasteiger partial charge on any atom is 0.270 e. The predicted molar refractivity (Wildman–Crippen MR) is 99.7 cm³/mol. The van der Waals surface area contributed by atoms with Gasteiger partial charge in [-0.2, -0.15) is 0 Å². The quantitative estimate of drug-likeness (QED) is 0.615. The van der Waals surface area contributed by atoms with E-state index in [1.54, 1.807) is 12.1 Å². The molecule has 2 aromatic rings. The summed E-state index contributed by atoms with van der Waals surface area (Å²) in [7, 11) is 2.11. The summed E-state index contributed by atoms with van der Waals surface area (Å²) in [6.45, 7) is 3.92. The molecule has 2 aliphatic rings. The zero-order valence-corrected chi connectivity index (χ0v) is 14.9. The van der Waals surface area contributed by atoms with Crippen molar-refractivity contribution in [2.75, 3.05) is 25.0 Å². The number of nitro benzene ring substituents is 1. The van der Waals surface area contributed by atoms with E-state index in [0.717, 1.165) is 25.2 Å². The molecule has 1 amide bonds. The number of anilines is 1. The molecule has 0 N–H and O–H groups in total. The van der Waals surface area contributed by atoms with Crippen LogP contribution in [0.4, 0.5) is 11.4 Å². The number of aryl methyl sites for hydroxylation is 1. The lowest BCUT2D eigenvalue weighted by atomic mass is 9.88. The van der Waals surface area contributed by atoms with Crippen LogP contribution in [0, 0.1) is 17.0 Å². The molecule has 0 bridgehead atoms. The van der Waals surface area contributed by atoms with Crippen LogP contribution in [0.3, 0.4) is 0 Å². The zero-order chi connectivity index (χ0) is 18.4. The minimum absolute atomic E-state index is 0.0564. The highest BCUT2D eigenvalue weighted by Gasteiger charge is 2.44. The van der Waals surface area contributed by atoms with Crippen molar-refractivity contribution in [2.45, 2.75) is 25.3 Å². The number of hydrogen-bond acceptors (Lipinski definition) is 4. The molecule has 2 aromatic carbocycles. The number of carbonyl (C=O) groups is 1. The van der Waals surface area contributed by atoms with Crippen molar-refractivity contribution >= 4 is 17.3 Å². The molecule has 0 radical (unpaired) electrons. The van der Waals surface area contributed by atoms with Crippen molar-refractivity contribution < 1.29 is 9.72 Å². The summed E-state index contributed by atoms with van der Waals surface area (Å²) in [5, 5.41) is 11.1. The third-order valence-electron chi connectivity index (χ3n) is 5.48. The third kappa shape index (κ3) is 2.66. The van der Waals surface area contributed by atoms with E-state index in [2.05, 4.69) is 24.9 Å². The van der Waals surface area contributed by atoms with E-state index >= 15 is 0 Å². The standard InChI is InChI=1S/C20H21N3O3/c1-13-6-7-18-16(10-13)17-12-21(2)9-8-19(17)22(18)20(24)14-4-3-5-15(11-14)23(25)26/h3-7,10-11,17,19H,8-9,12H2,1-2H3. The highest BCUT2D eigenvalue weighted by Crippen LogP contribution is 2.45. The topological polar surface area (TPSA) is 66.7 Å². The van der Waals surface area contributed by atoms with E-state index in [0.29, 0.717) is 5.56 Å². The second-order valence-corrected chi connectivity index (χ2v) is 7.27. The average molecular weight is 351 g/mol. The number of non-ortho nitro benzene ring substituents is 1. The highest BCUT2D eigenvalue weighted by atomic mass is 16.6. The number of likely N-dealkylation sites (tertiary alicyclic amines) is 1. The zero-order valence-electron chi connectivity index (χ0n) is 14.9. The van der Waals surface area contributed by atoms with Crippen molar-refractivity contribution in [1.29, 1.82) is 0 Å². The van der Waals surface area contributed by atoms with Gasteiger partial charge in [-0.15, -0.1) is 0 Å². The Morgan fingerprint density at radius 2 is 2.04 bits per heavy atom. The van der Waals surface area contributed by atoms with E-state index in [-0.39, 0.29) is 23.6 Å². The SMILES string of the molecule is Cc1ccc2c(c1)C1CN(C)CCC1N2C(=O)c1cccc([N+](=O)[O-])c1. The van der Waals surface area contributed by atoms with Gasteiger partial charge in [0.05, 0.1) is 4.92 Å². The van der Waals surface area contributed by atoms with Crippen molar-refractivity contribution in [2.24, 2.45) is 0 Å². The van der Waals surface area contributed by atoms with Gasteiger partial charge in [0.15, 0.2) is 0 Å². The molecule has 0 spiro atoms. The number of piperidine rings is 1. The lowest BCUT2D eigenvalue weighted by Gasteiger charge is -2.36. The monoisotopic (exact) mass is 351 g/mol. The molecule has 6 heteroatoms. The van der Waals surface area contributed by atoms with Crippen LogP contribution in [0.2, 0.25) is 0 Å². The van der Waals surface area contributed by atoms with Crippen molar-refractivity contribution in [3.63, 3.8) is 0 Å². The fraction of sp³-hybridized carbons (Fsp3) is 0.350. The number of hydrogen-bond donors (Lipinski definition) is 0. The Morgan fingerprint density at radius 3 is 2.81 bits per heavy atom. The van der Waals surface area contributed by atoms with Crippen LogP contribution in [-0.4, -0.2) is 41.9 Å². The first-order valence-electron chi connectivity index (χ1n) is 8.83. The lowest BCUT2D eigenvalue weighted by molar-refractivity contribution is -0.384. The van der Waals surface area contributed by atoms with Crippen LogP contribution in [-0.2, 0) is 0 Å². The molecular weight excluding hydrogens is 330 g/mol. The molecule has 1 fully saturated rings. The molecule has 26 heavy (non-hydrogen) atoms. The summed E-state index contributed by atoms with van der Waals surface area (Å²) < 4.78 is 0. The van der Waals surface area contributed by atoms with Crippen LogP contribution >= 0.6 is 0 Å². The average Bonchev–Trinajstić information content (AvgIpc) is 2.94. The summed E-state index contributed by atoms with van der Waals surface area (Å²) in [6.07, 6.45) is 0.898. The van der Waals surface area contributed by atoms with Gasteiger partial charge < -0.3 is 9.80 Å². The third-order valence-corrected chi connectivity index (χ3v) is 5.48. The van der Waals surface area contributed by atoms with E-state index in [1.165, 1.54) is 23.3 Å². The second kappa shape index (κ2) is 6.21. The van der Waals surface area contributed by atoms with Gasteiger partial charge in [0, 0.05) is 41.9 Å². The number of benzene rings is 2. The number of fused-ring (bicyclic) bond motifs is 3. The molecule has 0 saturated carbocycles. The second-order valence-electron chi connectivity index (χ2n) is 7.27. The molecule has 2 aliphatic heterocycles. The molecule has 6 nitrogen and oxygen atoms in total. The van der Waals surface area contributed by atoms with Crippen LogP contribution in [0.25, 0.3) is 0 Å². The van der Waals surface area contributed by atoms with Gasteiger partial charge >= 0.3 is 0 Å². The Bertz CT molecular complexity index is 896. The number of nitro groups is 1. The Labute approximate surface area is 152 Å². The van der Waals surface area contributed by atoms with Gasteiger partial charge in [0.25, 0.3) is 11.6 Å². The van der Waals surface area contributed by atoms with E-state index in [9.17, 15) is 14.9 Å². The number of amides is 1. The molecular formula is C20H21N3O3. The molecule has 2 heterocycles. The Kier molecular flexibility index (Phi) is 4.00. The Balaban J connectivity index is 1.77. The van der Waals surface area contributed by atoms with Crippen LogP contribution < -0.4 is 4.90 Å². The smallest absolute Gasteiger partial charge is 0.270 e. The van der Waals surface area contributed by atoms with Gasteiger partial charge in [-0.3, -0.25) is 14.9 Å². The number of carbonyl (C=O) groups excluding carboxylic acids is 1. The van der Waals surface area contributed by atoms with Crippen LogP contribution in [0.1, 0.15) is 33.8 Å². The molecule has 4 rings (SSSR count). The first kappa shape index (κ1) is 16.7. The molecule has 134 valence electrons. The summed E-state index contributed by atoms with van der Waals surface area (Å²) in [5.41, 5.74) is 3.64.